The van der Waals surface area contributed by atoms with E-state index in [0.717, 1.165) is 0 Å². The fourth-order valence-electron chi connectivity index (χ4n) is 1.67. The number of aliphatic carboxylic acids is 1. The summed E-state index contributed by atoms with van der Waals surface area (Å²) in [5, 5.41) is 10.7. The van der Waals surface area contributed by atoms with Gasteiger partial charge in [0.2, 0.25) is 5.91 Å². The van der Waals surface area contributed by atoms with Crippen LogP contribution in [0.15, 0.2) is 12.4 Å². The molecule has 1 aromatic heterocycles. The van der Waals surface area contributed by atoms with E-state index in [1.54, 1.807) is 24.0 Å². The van der Waals surface area contributed by atoms with E-state index in [1.807, 2.05) is 7.05 Å². The van der Waals surface area contributed by atoms with E-state index in [2.05, 4.69) is 10.3 Å². The van der Waals surface area contributed by atoms with Crippen LogP contribution >= 0.6 is 0 Å². The van der Waals surface area contributed by atoms with Gasteiger partial charge in [-0.2, -0.15) is 0 Å². The van der Waals surface area contributed by atoms with Crippen LogP contribution in [0, 0.1) is 0 Å². The molecule has 0 saturated carbocycles. The van der Waals surface area contributed by atoms with Gasteiger partial charge in [-0.25, -0.2) is 9.78 Å². The second-order valence-corrected chi connectivity index (χ2v) is 4.76. The highest BCUT2D eigenvalue weighted by Gasteiger charge is 2.14. The van der Waals surface area contributed by atoms with E-state index in [4.69, 9.17) is 5.11 Å². The summed E-state index contributed by atoms with van der Waals surface area (Å²) in [6, 6.07) is -0.499. The van der Waals surface area contributed by atoms with E-state index < -0.39 is 17.9 Å². The number of aromatic nitrogens is 2. The topological polar surface area (TPSA) is 105 Å². The Morgan fingerprint density at radius 3 is 2.57 bits per heavy atom. The fraction of sp³-hybridized carbons (Fsp3) is 0.538. The molecule has 116 valence electrons. The first-order valence-electron chi connectivity index (χ1n) is 6.63. The Labute approximate surface area is 122 Å². The standard InChI is InChI=1S/C13H20N4O4/c1-16-8-7-14-10(16)9-17(2)13(21)15-11(18)5-3-4-6-12(19)20/h7-8H,3-6,9H2,1-2H3,(H,19,20)(H,15,18,21). The molecule has 0 aromatic carbocycles. The summed E-state index contributed by atoms with van der Waals surface area (Å²) < 4.78 is 1.79. The molecule has 0 aliphatic carbocycles. The Hall–Kier alpha value is -2.38. The number of carboxylic acid groups (broad SMARTS) is 1. The van der Waals surface area contributed by atoms with E-state index in [0.29, 0.717) is 25.2 Å². The average Bonchev–Trinajstić information content (AvgIpc) is 2.80. The van der Waals surface area contributed by atoms with Crippen LogP contribution in [-0.2, 0) is 23.2 Å². The van der Waals surface area contributed by atoms with Crippen molar-refractivity contribution in [1.82, 2.24) is 19.8 Å². The van der Waals surface area contributed by atoms with E-state index in [-0.39, 0.29) is 12.8 Å². The maximum atomic E-state index is 11.8. The number of imide groups is 1. The number of hydrogen-bond donors (Lipinski definition) is 2. The van der Waals surface area contributed by atoms with Crippen molar-refractivity contribution in [3.8, 4) is 0 Å². The van der Waals surface area contributed by atoms with Crippen LogP contribution in [-0.4, -0.2) is 44.5 Å². The van der Waals surface area contributed by atoms with Crippen molar-refractivity contribution in [2.24, 2.45) is 7.05 Å². The molecule has 0 aliphatic rings. The third kappa shape index (κ3) is 6.07. The maximum absolute atomic E-state index is 11.8. The molecular weight excluding hydrogens is 276 g/mol. The Balaban J connectivity index is 2.30. The number of carboxylic acids is 1. The van der Waals surface area contributed by atoms with E-state index >= 15 is 0 Å². The van der Waals surface area contributed by atoms with Crippen LogP contribution in [0.4, 0.5) is 4.79 Å². The number of imidazole rings is 1. The number of hydrogen-bond acceptors (Lipinski definition) is 4. The molecule has 0 aliphatic heterocycles. The van der Waals surface area contributed by atoms with Gasteiger partial charge in [-0.3, -0.25) is 14.9 Å². The van der Waals surface area contributed by atoms with Gasteiger partial charge in [0.05, 0.1) is 6.54 Å². The molecule has 8 nitrogen and oxygen atoms in total. The quantitative estimate of drug-likeness (QED) is 0.722. The molecule has 0 fully saturated rings. The summed E-state index contributed by atoms with van der Waals surface area (Å²) in [4.78, 5) is 39.1. The Morgan fingerprint density at radius 1 is 1.33 bits per heavy atom. The van der Waals surface area contributed by atoms with Crippen molar-refractivity contribution >= 4 is 17.9 Å². The number of urea groups is 1. The van der Waals surface area contributed by atoms with Crippen molar-refractivity contribution < 1.29 is 19.5 Å². The highest BCUT2D eigenvalue weighted by atomic mass is 16.4. The lowest BCUT2D eigenvalue weighted by Crippen LogP contribution is -2.40. The summed E-state index contributed by atoms with van der Waals surface area (Å²) in [6.07, 6.45) is 4.42. The lowest BCUT2D eigenvalue weighted by molar-refractivity contribution is -0.137. The molecule has 0 saturated heterocycles. The summed E-state index contributed by atoms with van der Waals surface area (Å²) in [7, 11) is 3.39. The zero-order chi connectivity index (χ0) is 15.8. The first-order chi connectivity index (χ1) is 9.90. The zero-order valence-electron chi connectivity index (χ0n) is 12.2. The number of nitrogens with one attached hydrogen (secondary N) is 1. The summed E-state index contributed by atoms with van der Waals surface area (Å²) in [5.74, 6) is -0.583. The number of aryl methyl sites for hydroxylation is 1. The molecular formula is C13H20N4O4. The molecule has 0 spiro atoms. The first kappa shape index (κ1) is 16.7. The molecule has 0 radical (unpaired) electrons. The molecule has 0 bridgehead atoms. The minimum Gasteiger partial charge on any atom is -0.481 e. The van der Waals surface area contributed by atoms with Crippen molar-refractivity contribution in [3.05, 3.63) is 18.2 Å². The zero-order valence-corrected chi connectivity index (χ0v) is 12.2. The number of carbonyl (C=O) groups excluding carboxylic acids is 2. The number of amides is 3. The predicted octanol–water partition coefficient (Wildman–Crippen LogP) is 0.733. The summed E-state index contributed by atoms with van der Waals surface area (Å²) in [5.41, 5.74) is 0. The molecule has 2 N–H and O–H groups in total. The van der Waals surface area contributed by atoms with Crippen molar-refractivity contribution in [1.29, 1.82) is 0 Å². The lowest BCUT2D eigenvalue weighted by Gasteiger charge is -2.17. The molecule has 0 unspecified atom stereocenters. The molecule has 3 amide bonds. The number of unbranched alkanes of at least 4 members (excludes halogenated alkanes) is 1. The fourth-order valence-corrected chi connectivity index (χ4v) is 1.67. The van der Waals surface area contributed by atoms with E-state index in [1.165, 1.54) is 4.90 Å². The second kappa shape index (κ2) is 8.03. The van der Waals surface area contributed by atoms with Gasteiger partial charge in [0.1, 0.15) is 5.82 Å². The van der Waals surface area contributed by atoms with Crippen LogP contribution < -0.4 is 5.32 Å². The minimum atomic E-state index is -0.888. The Kier molecular flexibility index (Phi) is 6.38. The lowest BCUT2D eigenvalue weighted by atomic mass is 10.2. The first-order valence-corrected chi connectivity index (χ1v) is 6.63. The molecule has 1 heterocycles. The van der Waals surface area contributed by atoms with Crippen molar-refractivity contribution in [2.45, 2.75) is 32.2 Å². The largest absolute Gasteiger partial charge is 0.481 e. The smallest absolute Gasteiger partial charge is 0.324 e. The van der Waals surface area contributed by atoms with Gasteiger partial charge in [0, 0.05) is 39.3 Å². The third-order valence-electron chi connectivity index (χ3n) is 2.94. The molecule has 1 aromatic rings. The number of carbonyl (C=O) groups is 3. The Bertz CT molecular complexity index is 512. The highest BCUT2D eigenvalue weighted by Crippen LogP contribution is 2.02. The van der Waals surface area contributed by atoms with Crippen molar-refractivity contribution in [3.63, 3.8) is 0 Å². The average molecular weight is 296 g/mol. The van der Waals surface area contributed by atoms with Gasteiger partial charge in [0.15, 0.2) is 0 Å². The van der Waals surface area contributed by atoms with Gasteiger partial charge in [0.25, 0.3) is 0 Å². The highest BCUT2D eigenvalue weighted by molar-refractivity contribution is 5.94. The van der Waals surface area contributed by atoms with Gasteiger partial charge >= 0.3 is 12.0 Å². The van der Waals surface area contributed by atoms with Gasteiger partial charge in [-0.05, 0) is 12.8 Å². The molecule has 8 heteroatoms. The van der Waals surface area contributed by atoms with Crippen LogP contribution in [0.2, 0.25) is 0 Å². The normalized spacial score (nSPS) is 10.2. The predicted molar refractivity (Wildman–Crippen MR) is 74.3 cm³/mol. The van der Waals surface area contributed by atoms with Crippen LogP contribution in [0.3, 0.4) is 0 Å². The number of nitrogens with zero attached hydrogens (tertiary/aromatic N) is 3. The molecule has 1 rings (SSSR count). The summed E-state index contributed by atoms with van der Waals surface area (Å²) in [6.45, 7) is 0.293. The SMILES string of the molecule is CN(Cc1nccn1C)C(=O)NC(=O)CCCCC(=O)O. The van der Waals surface area contributed by atoms with Crippen LogP contribution in [0.1, 0.15) is 31.5 Å². The second-order valence-electron chi connectivity index (χ2n) is 4.76. The van der Waals surface area contributed by atoms with Crippen molar-refractivity contribution in [2.75, 3.05) is 7.05 Å². The number of rotatable bonds is 7. The van der Waals surface area contributed by atoms with Crippen LogP contribution in [0.5, 0.6) is 0 Å². The maximum Gasteiger partial charge on any atom is 0.324 e. The summed E-state index contributed by atoms with van der Waals surface area (Å²) >= 11 is 0. The van der Waals surface area contributed by atoms with Gasteiger partial charge < -0.3 is 14.6 Å². The Morgan fingerprint density at radius 2 is 2.00 bits per heavy atom. The monoisotopic (exact) mass is 296 g/mol. The minimum absolute atomic E-state index is 0.0281. The van der Waals surface area contributed by atoms with Crippen LogP contribution in [0.25, 0.3) is 0 Å². The van der Waals surface area contributed by atoms with Gasteiger partial charge in [-0.15, -0.1) is 0 Å². The van der Waals surface area contributed by atoms with Gasteiger partial charge in [-0.1, -0.05) is 0 Å². The molecule has 21 heavy (non-hydrogen) atoms. The van der Waals surface area contributed by atoms with E-state index in [9.17, 15) is 14.4 Å². The molecule has 0 atom stereocenters. The third-order valence-corrected chi connectivity index (χ3v) is 2.94.